The number of fused-ring (bicyclic) bond motifs is 1. The summed E-state index contributed by atoms with van der Waals surface area (Å²) in [7, 11) is 2.92. The van der Waals surface area contributed by atoms with Crippen LogP contribution >= 0.6 is 0 Å². The summed E-state index contributed by atoms with van der Waals surface area (Å²) in [5.41, 5.74) is 3.92. The van der Waals surface area contributed by atoms with Gasteiger partial charge in [0.25, 0.3) is 0 Å². The zero-order chi connectivity index (χ0) is 35.8. The number of hydrogen-bond donors (Lipinski definition) is 4. The Balaban J connectivity index is 1.78. The minimum Gasteiger partial charge on any atom is -0.463 e. The van der Waals surface area contributed by atoms with Gasteiger partial charge in [-0.15, -0.1) is 0 Å². The molecule has 264 valence electrons. The third-order valence-electron chi connectivity index (χ3n) is 9.55. The number of aromatic amines is 1. The number of carbonyl (C=O) groups excluding carboxylic acids is 4. The first-order valence-corrected chi connectivity index (χ1v) is 16.8. The van der Waals surface area contributed by atoms with E-state index in [4.69, 9.17) is 9.47 Å². The standard InChI is InChI=1S/C38H50N4O7/c1-22-16-23(2)25(4)21-49-38(47)34(48-7)33(28-14-12-27(20-43)13-15-28)41-36(45)32(18-29-19-39-31-11-9-8-10-30(29)31)42(6)37(46)26(5)40-35(44)24(3)17-22/h8-16,19,23-26,32-34,39,43H,17-18,20-21H2,1-7H3,(H,40,44)(H,41,45)/b22-16+/t23-,24+,25+,26+,32-,33+,34+/m1/s1. The van der Waals surface area contributed by atoms with Gasteiger partial charge >= 0.3 is 5.97 Å². The Kier molecular flexibility index (Phi) is 12.8. The van der Waals surface area contributed by atoms with E-state index in [0.717, 1.165) is 22.0 Å². The van der Waals surface area contributed by atoms with Gasteiger partial charge in [0, 0.05) is 43.6 Å². The third kappa shape index (κ3) is 9.16. The lowest BCUT2D eigenvalue weighted by Gasteiger charge is -2.33. The highest BCUT2D eigenvalue weighted by Gasteiger charge is 2.37. The van der Waals surface area contributed by atoms with Crippen LogP contribution in [0.3, 0.4) is 0 Å². The monoisotopic (exact) mass is 674 g/mol. The second-order valence-corrected chi connectivity index (χ2v) is 13.4. The van der Waals surface area contributed by atoms with E-state index in [-0.39, 0.29) is 37.4 Å². The molecule has 1 aliphatic rings. The summed E-state index contributed by atoms with van der Waals surface area (Å²) in [5, 5.41) is 16.4. The van der Waals surface area contributed by atoms with Crippen LogP contribution in [-0.2, 0) is 41.7 Å². The molecule has 4 N–H and O–H groups in total. The number of amides is 3. The number of aromatic nitrogens is 1. The molecule has 0 saturated carbocycles. The second kappa shape index (κ2) is 16.8. The molecule has 49 heavy (non-hydrogen) atoms. The molecule has 2 aromatic carbocycles. The molecule has 0 bridgehead atoms. The molecule has 0 radical (unpaired) electrons. The Morgan fingerprint density at radius 3 is 2.33 bits per heavy atom. The average Bonchev–Trinajstić information content (AvgIpc) is 3.50. The van der Waals surface area contributed by atoms with Crippen LogP contribution in [0.2, 0.25) is 0 Å². The molecule has 0 unspecified atom stereocenters. The van der Waals surface area contributed by atoms with Crippen molar-refractivity contribution in [2.24, 2.45) is 17.8 Å². The predicted octanol–water partition coefficient (Wildman–Crippen LogP) is 4.21. The molecular weight excluding hydrogens is 624 g/mol. The number of esters is 1. The van der Waals surface area contributed by atoms with Gasteiger partial charge in [-0.3, -0.25) is 14.4 Å². The summed E-state index contributed by atoms with van der Waals surface area (Å²) in [4.78, 5) is 59.8. The second-order valence-electron chi connectivity index (χ2n) is 13.4. The number of para-hydroxylation sites is 1. The SMILES string of the molecule is CO[C@@H]1C(=O)OC[C@H](C)[C@H](C)/C=C(\C)C[C@H](C)C(=O)N[C@@H](C)C(=O)N(C)[C@H](Cc2c[nH]c3ccccc23)C(=O)N[C@H]1c1ccc(CO)cc1. The van der Waals surface area contributed by atoms with E-state index in [0.29, 0.717) is 17.5 Å². The lowest BCUT2D eigenvalue weighted by Crippen LogP contribution is -2.56. The van der Waals surface area contributed by atoms with E-state index < -0.39 is 47.9 Å². The molecule has 0 aliphatic carbocycles. The van der Waals surface area contributed by atoms with Gasteiger partial charge in [-0.25, -0.2) is 4.79 Å². The summed E-state index contributed by atoms with van der Waals surface area (Å²) in [6.07, 6.45) is 3.31. The summed E-state index contributed by atoms with van der Waals surface area (Å²) < 4.78 is 11.5. The van der Waals surface area contributed by atoms with E-state index >= 15 is 0 Å². The van der Waals surface area contributed by atoms with Crippen molar-refractivity contribution in [3.8, 4) is 0 Å². The highest BCUT2D eigenvalue weighted by atomic mass is 16.6. The van der Waals surface area contributed by atoms with Crippen molar-refractivity contribution in [3.63, 3.8) is 0 Å². The molecule has 4 rings (SSSR count). The van der Waals surface area contributed by atoms with Crippen molar-refractivity contribution in [1.29, 1.82) is 0 Å². The van der Waals surface area contributed by atoms with Crippen LogP contribution in [0.4, 0.5) is 0 Å². The van der Waals surface area contributed by atoms with Crippen LogP contribution in [0.25, 0.3) is 10.9 Å². The Labute approximate surface area is 288 Å². The van der Waals surface area contributed by atoms with Gasteiger partial charge < -0.3 is 35.1 Å². The van der Waals surface area contributed by atoms with Crippen molar-refractivity contribution < 1.29 is 33.8 Å². The van der Waals surface area contributed by atoms with Gasteiger partial charge in [-0.1, -0.05) is 74.9 Å². The van der Waals surface area contributed by atoms with Crippen LogP contribution < -0.4 is 10.6 Å². The lowest BCUT2D eigenvalue weighted by molar-refractivity contribution is -0.159. The van der Waals surface area contributed by atoms with Crippen molar-refractivity contribution in [1.82, 2.24) is 20.5 Å². The largest absolute Gasteiger partial charge is 0.463 e. The Morgan fingerprint density at radius 1 is 0.959 bits per heavy atom. The predicted molar refractivity (Wildman–Crippen MR) is 187 cm³/mol. The van der Waals surface area contributed by atoms with Crippen molar-refractivity contribution in [2.75, 3.05) is 20.8 Å². The van der Waals surface area contributed by atoms with Gasteiger partial charge in [0.05, 0.1) is 19.3 Å². The number of likely N-dealkylation sites (N-methyl/N-ethyl adjacent to an activating group) is 1. The number of allylic oxidation sites excluding steroid dienone is 2. The molecule has 0 spiro atoms. The van der Waals surface area contributed by atoms with Crippen molar-refractivity contribution in [3.05, 3.63) is 83.1 Å². The number of benzene rings is 2. The molecule has 11 heteroatoms. The first-order chi connectivity index (χ1) is 23.3. The van der Waals surface area contributed by atoms with Gasteiger partial charge in [-0.2, -0.15) is 0 Å². The molecule has 0 fully saturated rings. The summed E-state index contributed by atoms with van der Waals surface area (Å²) >= 11 is 0. The summed E-state index contributed by atoms with van der Waals surface area (Å²) in [5.74, 6) is -2.30. The van der Waals surface area contributed by atoms with E-state index in [1.165, 1.54) is 12.0 Å². The molecule has 0 saturated heterocycles. The number of H-pyrrole nitrogens is 1. The van der Waals surface area contributed by atoms with Gasteiger partial charge in [-0.05, 0) is 54.9 Å². The van der Waals surface area contributed by atoms with Gasteiger partial charge in [0.15, 0.2) is 6.10 Å². The van der Waals surface area contributed by atoms with E-state index in [2.05, 4.69) is 21.7 Å². The van der Waals surface area contributed by atoms with E-state index in [1.54, 1.807) is 38.2 Å². The number of hydrogen-bond acceptors (Lipinski definition) is 7. The number of aliphatic hydroxyl groups excluding tert-OH is 1. The third-order valence-corrected chi connectivity index (χ3v) is 9.55. The van der Waals surface area contributed by atoms with Crippen LogP contribution in [0.15, 0.2) is 66.4 Å². The Hall–Kier alpha value is -4.48. The maximum Gasteiger partial charge on any atom is 0.337 e. The maximum absolute atomic E-state index is 14.4. The zero-order valence-corrected chi connectivity index (χ0v) is 29.5. The highest BCUT2D eigenvalue weighted by molar-refractivity contribution is 5.93. The zero-order valence-electron chi connectivity index (χ0n) is 29.5. The van der Waals surface area contributed by atoms with Crippen LogP contribution in [0.5, 0.6) is 0 Å². The quantitative estimate of drug-likeness (QED) is 0.234. The lowest BCUT2D eigenvalue weighted by atomic mass is 9.91. The number of nitrogens with zero attached hydrogens (tertiary/aromatic N) is 1. The molecule has 3 aromatic rings. The fourth-order valence-electron chi connectivity index (χ4n) is 6.28. The topological polar surface area (TPSA) is 150 Å². The first kappa shape index (κ1) is 37.3. The van der Waals surface area contributed by atoms with Gasteiger partial charge in [0.1, 0.15) is 12.1 Å². The normalized spacial score (nSPS) is 28.0. The molecule has 1 aliphatic heterocycles. The van der Waals surface area contributed by atoms with Crippen molar-refractivity contribution in [2.45, 2.75) is 78.3 Å². The number of cyclic esters (lactones) is 1. The highest BCUT2D eigenvalue weighted by Crippen LogP contribution is 2.26. The average molecular weight is 675 g/mol. The number of rotatable bonds is 5. The minimum absolute atomic E-state index is 0.0343. The van der Waals surface area contributed by atoms with Gasteiger partial charge in [0.2, 0.25) is 17.7 Å². The van der Waals surface area contributed by atoms with Crippen LogP contribution in [0, 0.1) is 17.8 Å². The fraction of sp³-hybridized carbons (Fsp3) is 0.474. The number of methoxy groups -OCH3 is 1. The number of ether oxygens (including phenoxy) is 2. The fourth-order valence-corrected chi connectivity index (χ4v) is 6.28. The van der Waals surface area contributed by atoms with E-state index in [9.17, 15) is 24.3 Å². The van der Waals surface area contributed by atoms with Crippen LogP contribution in [0.1, 0.15) is 63.8 Å². The summed E-state index contributed by atoms with van der Waals surface area (Å²) in [6, 6.07) is 11.6. The molecular formula is C38H50N4O7. The van der Waals surface area contributed by atoms with Crippen molar-refractivity contribution >= 4 is 34.6 Å². The maximum atomic E-state index is 14.4. The number of carbonyl (C=O) groups is 4. The molecule has 2 heterocycles. The molecule has 7 atom stereocenters. The van der Waals surface area contributed by atoms with E-state index in [1.807, 2.05) is 58.2 Å². The first-order valence-electron chi connectivity index (χ1n) is 16.8. The Morgan fingerprint density at radius 2 is 1.65 bits per heavy atom. The minimum atomic E-state index is -1.22. The molecule has 3 amide bonds. The van der Waals surface area contributed by atoms with Crippen LogP contribution in [-0.4, -0.2) is 77.6 Å². The molecule has 1 aromatic heterocycles. The molecule has 11 nitrogen and oxygen atoms in total. The Bertz CT molecular complexity index is 1650. The smallest absolute Gasteiger partial charge is 0.337 e. The summed E-state index contributed by atoms with van der Waals surface area (Å²) in [6.45, 7) is 9.33. The number of aliphatic hydroxyl groups is 1. The number of nitrogens with one attached hydrogen (secondary N) is 3.